The molecule has 4 rings (SSSR count). The molecular weight excluding hydrogens is 481 g/mol. The van der Waals surface area contributed by atoms with Gasteiger partial charge in [-0.15, -0.1) is 0 Å². The van der Waals surface area contributed by atoms with Gasteiger partial charge in [-0.25, -0.2) is 9.37 Å². The van der Waals surface area contributed by atoms with Crippen molar-refractivity contribution in [1.29, 1.82) is 5.26 Å². The number of nitrogens with one attached hydrogen (secondary N) is 1. The van der Waals surface area contributed by atoms with Crippen LogP contribution in [0.15, 0.2) is 46.2 Å². The Hall–Kier alpha value is -4.92. The van der Waals surface area contributed by atoms with Crippen LogP contribution in [-0.2, 0) is 7.05 Å². The number of carbonyl (C=O) groups is 1. The molecule has 0 radical (unpaired) electrons. The molecule has 11 nitrogen and oxygen atoms in total. The number of aromatic hydroxyl groups is 1. The number of nitriles is 1. The van der Waals surface area contributed by atoms with Gasteiger partial charge in [-0.1, -0.05) is 12.1 Å². The van der Waals surface area contributed by atoms with Crippen molar-refractivity contribution >= 4 is 11.6 Å². The molecule has 3 heterocycles. The summed E-state index contributed by atoms with van der Waals surface area (Å²) < 4.78 is 20.2. The number of carbonyl (C=O) groups excluding carboxylic acids is 1. The summed E-state index contributed by atoms with van der Waals surface area (Å²) in [6.07, 6.45) is 3.93. The van der Waals surface area contributed by atoms with E-state index in [0.717, 1.165) is 4.57 Å². The van der Waals surface area contributed by atoms with Gasteiger partial charge >= 0.3 is 0 Å². The Morgan fingerprint density at radius 3 is 2.65 bits per heavy atom. The number of aromatic nitrogens is 5. The summed E-state index contributed by atoms with van der Waals surface area (Å²) in [5, 5.41) is 26.1. The predicted octanol–water partition coefficient (Wildman–Crippen LogP) is 3.08. The second-order valence-electron chi connectivity index (χ2n) is 8.47. The van der Waals surface area contributed by atoms with E-state index in [9.17, 15) is 24.3 Å². The van der Waals surface area contributed by atoms with Crippen LogP contribution < -0.4 is 10.9 Å². The topological polar surface area (TPSA) is 160 Å². The van der Waals surface area contributed by atoms with E-state index >= 15 is 0 Å². The molecule has 0 spiro atoms. The van der Waals surface area contributed by atoms with Crippen LogP contribution in [0.1, 0.15) is 63.3 Å². The Morgan fingerprint density at radius 1 is 1.24 bits per heavy atom. The number of aryl methyl sites for hydroxylation is 2. The first-order valence-electron chi connectivity index (χ1n) is 11.1. The molecule has 2 N–H and O–H groups in total. The molecule has 12 heteroatoms. The molecule has 2 atom stereocenters. The van der Waals surface area contributed by atoms with Gasteiger partial charge in [0.25, 0.3) is 11.5 Å². The number of nitrogens with zero attached hydrogens (tertiary/aromatic N) is 6. The largest absolute Gasteiger partial charge is 0.501 e. The summed E-state index contributed by atoms with van der Waals surface area (Å²) in [4.78, 5) is 39.1. The minimum atomic E-state index is -0.864. The van der Waals surface area contributed by atoms with Crippen LogP contribution in [0.3, 0.4) is 0 Å². The summed E-state index contributed by atoms with van der Waals surface area (Å²) >= 11 is 0. The first kappa shape index (κ1) is 25.2. The lowest BCUT2D eigenvalue weighted by Crippen LogP contribution is -2.30. The molecule has 0 aliphatic carbocycles. The molecule has 37 heavy (non-hydrogen) atoms. The summed E-state index contributed by atoms with van der Waals surface area (Å²) in [6.45, 7) is 5.26. The van der Waals surface area contributed by atoms with Gasteiger partial charge in [0.2, 0.25) is 5.75 Å². The fraction of sp³-hybridized carbons (Fsp3) is 0.240. The first-order valence-corrected chi connectivity index (χ1v) is 11.1. The third-order valence-corrected chi connectivity index (χ3v) is 6.11. The van der Waals surface area contributed by atoms with Crippen molar-refractivity contribution in [1.82, 2.24) is 24.7 Å². The SMILES string of the molecule is Cc1ncc([C@H](c2cc(F)ccc2C#N)[C@H](C)c2nc(C(=O)Nc3cnoc3)c(O)c(=O)n2C)nc1C. The minimum Gasteiger partial charge on any atom is -0.501 e. The van der Waals surface area contributed by atoms with Crippen molar-refractivity contribution in [2.24, 2.45) is 7.05 Å². The molecule has 0 bridgehead atoms. The lowest BCUT2D eigenvalue weighted by Gasteiger charge is -2.26. The first-order chi connectivity index (χ1) is 17.6. The smallest absolute Gasteiger partial charge is 0.296 e. The molecule has 0 unspecified atom stereocenters. The number of amides is 1. The van der Waals surface area contributed by atoms with E-state index in [-0.39, 0.29) is 17.1 Å². The Balaban J connectivity index is 1.91. The molecular formula is C25H22FN7O4. The van der Waals surface area contributed by atoms with Gasteiger partial charge in [0.1, 0.15) is 23.6 Å². The highest BCUT2D eigenvalue weighted by molar-refractivity contribution is 6.04. The minimum absolute atomic E-state index is 0.0939. The lowest BCUT2D eigenvalue weighted by molar-refractivity contribution is 0.101. The summed E-state index contributed by atoms with van der Waals surface area (Å²) in [7, 11) is 1.39. The molecule has 0 fully saturated rings. The standard InChI is InChI=1S/C25H22FN7O4/c1-12(23-32-21(22(34)25(36)33(23)4)24(35)31-17-9-29-37-11-17)20(19-10-28-13(2)14(3)30-19)18-7-16(26)6-5-15(18)8-27/h5-7,9-12,20,34H,1-4H3,(H,31,35)/t12-,20-/m0/s1. The average Bonchev–Trinajstić information content (AvgIpc) is 3.38. The quantitative estimate of drug-likeness (QED) is 0.403. The van der Waals surface area contributed by atoms with Crippen molar-refractivity contribution in [3.05, 3.63) is 92.8 Å². The maximum absolute atomic E-state index is 14.4. The van der Waals surface area contributed by atoms with Gasteiger partial charge in [-0.2, -0.15) is 5.26 Å². The monoisotopic (exact) mass is 503 g/mol. The predicted molar refractivity (Wildman–Crippen MR) is 128 cm³/mol. The maximum atomic E-state index is 14.4. The number of halogens is 1. The van der Waals surface area contributed by atoms with Crippen LogP contribution >= 0.6 is 0 Å². The molecule has 1 amide bonds. The Kier molecular flexibility index (Phi) is 6.79. The second kappa shape index (κ2) is 9.98. The fourth-order valence-corrected chi connectivity index (χ4v) is 4.07. The van der Waals surface area contributed by atoms with Gasteiger partial charge in [0.05, 0.1) is 34.9 Å². The maximum Gasteiger partial charge on any atom is 0.296 e. The van der Waals surface area contributed by atoms with E-state index in [2.05, 4.69) is 36.0 Å². The van der Waals surface area contributed by atoms with E-state index in [4.69, 9.17) is 0 Å². The summed E-state index contributed by atoms with van der Waals surface area (Å²) in [6, 6.07) is 5.84. The van der Waals surface area contributed by atoms with E-state index < -0.39 is 40.6 Å². The van der Waals surface area contributed by atoms with Crippen molar-refractivity contribution in [3.63, 3.8) is 0 Å². The normalized spacial score (nSPS) is 12.5. The Morgan fingerprint density at radius 2 is 2.00 bits per heavy atom. The van der Waals surface area contributed by atoms with Crippen LogP contribution in [0.25, 0.3) is 0 Å². The third kappa shape index (κ3) is 4.79. The Bertz CT molecular complexity index is 1590. The van der Waals surface area contributed by atoms with Crippen molar-refractivity contribution in [2.75, 3.05) is 5.32 Å². The Labute approximate surface area is 210 Å². The highest BCUT2D eigenvalue weighted by Gasteiger charge is 2.32. The number of benzene rings is 1. The van der Waals surface area contributed by atoms with Gasteiger partial charge in [0, 0.05) is 25.1 Å². The second-order valence-corrected chi connectivity index (χ2v) is 8.47. The van der Waals surface area contributed by atoms with E-state index in [0.29, 0.717) is 22.6 Å². The molecule has 0 aliphatic rings. The van der Waals surface area contributed by atoms with E-state index in [1.807, 2.05) is 0 Å². The highest BCUT2D eigenvalue weighted by atomic mass is 19.1. The lowest BCUT2D eigenvalue weighted by atomic mass is 9.81. The van der Waals surface area contributed by atoms with Crippen molar-refractivity contribution < 1.29 is 18.8 Å². The molecule has 0 aliphatic heterocycles. The number of rotatable bonds is 6. The number of anilines is 1. The zero-order chi connectivity index (χ0) is 26.9. The van der Waals surface area contributed by atoms with Crippen LogP contribution in [0.2, 0.25) is 0 Å². The molecule has 0 saturated heterocycles. The summed E-state index contributed by atoms with van der Waals surface area (Å²) in [5.41, 5.74) is 1.06. The van der Waals surface area contributed by atoms with Crippen LogP contribution in [0.4, 0.5) is 10.1 Å². The molecule has 188 valence electrons. The molecule has 1 aromatic carbocycles. The van der Waals surface area contributed by atoms with Gasteiger partial charge < -0.3 is 14.9 Å². The van der Waals surface area contributed by atoms with Gasteiger partial charge in [-0.3, -0.25) is 24.1 Å². The highest BCUT2D eigenvalue weighted by Crippen LogP contribution is 2.38. The fourth-order valence-electron chi connectivity index (χ4n) is 4.07. The molecule has 3 aromatic heterocycles. The number of hydrogen-bond acceptors (Lipinski definition) is 9. The van der Waals surface area contributed by atoms with Crippen LogP contribution in [-0.4, -0.2) is 35.7 Å². The third-order valence-electron chi connectivity index (χ3n) is 6.11. The zero-order valence-electron chi connectivity index (χ0n) is 20.4. The van der Waals surface area contributed by atoms with E-state index in [1.165, 1.54) is 43.9 Å². The average molecular weight is 503 g/mol. The van der Waals surface area contributed by atoms with Gasteiger partial charge in [-0.05, 0) is 37.6 Å². The molecule has 4 aromatic rings. The van der Waals surface area contributed by atoms with E-state index in [1.54, 1.807) is 20.8 Å². The summed E-state index contributed by atoms with van der Waals surface area (Å²) in [5.74, 6) is -3.70. The van der Waals surface area contributed by atoms with Crippen molar-refractivity contribution in [2.45, 2.75) is 32.6 Å². The molecule has 0 saturated carbocycles. The zero-order valence-corrected chi connectivity index (χ0v) is 20.4. The van der Waals surface area contributed by atoms with Crippen molar-refractivity contribution in [3.8, 4) is 11.8 Å². The van der Waals surface area contributed by atoms with Gasteiger partial charge in [0.15, 0.2) is 5.69 Å². The van der Waals surface area contributed by atoms with Crippen LogP contribution in [0.5, 0.6) is 5.75 Å². The number of hydrogen-bond donors (Lipinski definition) is 2. The van der Waals surface area contributed by atoms with Crippen LogP contribution in [0, 0.1) is 31.0 Å².